The van der Waals surface area contributed by atoms with Gasteiger partial charge in [0.2, 0.25) is 0 Å². The average molecular weight is 237 g/mol. The number of para-hydroxylation sites is 1. The van der Waals surface area contributed by atoms with Crippen LogP contribution in [0.25, 0.3) is 0 Å². The Bertz CT molecular complexity index is 570. The predicted octanol–water partition coefficient (Wildman–Crippen LogP) is 2.90. The summed E-state index contributed by atoms with van der Waals surface area (Å²) in [5.74, 6) is 0. The SMILES string of the molecule is Cc1cccc(C#N)c1N(C)Cc1cccnc1. The summed E-state index contributed by atoms with van der Waals surface area (Å²) in [5, 5.41) is 9.17. The van der Waals surface area contributed by atoms with E-state index in [2.05, 4.69) is 16.0 Å². The Kier molecular flexibility index (Phi) is 3.59. The number of benzene rings is 1. The van der Waals surface area contributed by atoms with Gasteiger partial charge in [-0.05, 0) is 30.2 Å². The van der Waals surface area contributed by atoms with E-state index < -0.39 is 0 Å². The summed E-state index contributed by atoms with van der Waals surface area (Å²) in [7, 11) is 2.00. The number of pyridine rings is 1. The molecule has 0 amide bonds. The standard InChI is InChI=1S/C15H15N3/c1-12-5-3-7-14(9-16)15(12)18(2)11-13-6-4-8-17-10-13/h3-8,10H,11H2,1-2H3. The molecular weight excluding hydrogens is 222 g/mol. The summed E-state index contributed by atoms with van der Waals surface area (Å²) in [4.78, 5) is 6.19. The average Bonchev–Trinajstić information content (AvgIpc) is 2.39. The first-order valence-corrected chi connectivity index (χ1v) is 5.82. The molecule has 1 heterocycles. The van der Waals surface area contributed by atoms with Crippen molar-refractivity contribution in [2.24, 2.45) is 0 Å². The van der Waals surface area contributed by atoms with Crippen molar-refractivity contribution >= 4 is 5.69 Å². The van der Waals surface area contributed by atoms with Gasteiger partial charge in [0.05, 0.1) is 11.3 Å². The maximum atomic E-state index is 9.17. The molecule has 0 saturated heterocycles. The van der Waals surface area contributed by atoms with Crippen LogP contribution < -0.4 is 4.90 Å². The van der Waals surface area contributed by atoms with Crippen molar-refractivity contribution in [2.75, 3.05) is 11.9 Å². The van der Waals surface area contributed by atoms with Gasteiger partial charge in [0, 0.05) is 26.0 Å². The van der Waals surface area contributed by atoms with Gasteiger partial charge in [-0.2, -0.15) is 5.26 Å². The van der Waals surface area contributed by atoms with E-state index in [1.165, 1.54) is 0 Å². The molecule has 0 N–H and O–H groups in total. The number of nitriles is 1. The fraction of sp³-hybridized carbons (Fsp3) is 0.200. The molecule has 0 spiro atoms. The highest BCUT2D eigenvalue weighted by Gasteiger charge is 2.10. The van der Waals surface area contributed by atoms with E-state index in [1.54, 1.807) is 6.20 Å². The van der Waals surface area contributed by atoms with Crippen LogP contribution in [0.15, 0.2) is 42.7 Å². The summed E-state index contributed by atoms with van der Waals surface area (Å²) < 4.78 is 0. The van der Waals surface area contributed by atoms with Gasteiger partial charge in [0.25, 0.3) is 0 Å². The van der Waals surface area contributed by atoms with Crippen LogP contribution in [0.2, 0.25) is 0 Å². The molecule has 0 aliphatic rings. The molecule has 3 nitrogen and oxygen atoms in total. The van der Waals surface area contributed by atoms with E-state index in [0.29, 0.717) is 5.56 Å². The van der Waals surface area contributed by atoms with Crippen LogP contribution in [-0.2, 0) is 6.54 Å². The fourth-order valence-corrected chi connectivity index (χ4v) is 2.10. The lowest BCUT2D eigenvalue weighted by atomic mass is 10.1. The number of nitrogens with zero attached hydrogens (tertiary/aromatic N) is 3. The first-order chi connectivity index (χ1) is 8.72. The molecule has 0 saturated carbocycles. The van der Waals surface area contributed by atoms with Crippen molar-refractivity contribution in [1.29, 1.82) is 5.26 Å². The minimum absolute atomic E-state index is 0.710. The van der Waals surface area contributed by atoms with Gasteiger partial charge in [-0.3, -0.25) is 4.98 Å². The Morgan fingerprint density at radius 2 is 2.11 bits per heavy atom. The van der Waals surface area contributed by atoms with Crippen molar-refractivity contribution in [2.45, 2.75) is 13.5 Å². The Balaban J connectivity index is 2.30. The first kappa shape index (κ1) is 12.1. The molecule has 3 heteroatoms. The van der Waals surface area contributed by atoms with Gasteiger partial charge in [-0.1, -0.05) is 18.2 Å². The van der Waals surface area contributed by atoms with Gasteiger partial charge < -0.3 is 4.90 Å². The van der Waals surface area contributed by atoms with Crippen molar-refractivity contribution in [3.8, 4) is 6.07 Å². The smallest absolute Gasteiger partial charge is 0.101 e. The lowest BCUT2D eigenvalue weighted by Crippen LogP contribution is -2.18. The molecule has 2 rings (SSSR count). The number of aryl methyl sites for hydroxylation is 1. The monoisotopic (exact) mass is 237 g/mol. The van der Waals surface area contributed by atoms with Gasteiger partial charge in [0.15, 0.2) is 0 Å². The summed E-state index contributed by atoms with van der Waals surface area (Å²) in [5.41, 5.74) is 3.94. The van der Waals surface area contributed by atoms with Crippen molar-refractivity contribution in [3.05, 3.63) is 59.4 Å². The van der Waals surface area contributed by atoms with E-state index in [4.69, 9.17) is 5.26 Å². The predicted molar refractivity (Wildman–Crippen MR) is 72.2 cm³/mol. The molecule has 0 radical (unpaired) electrons. The number of hydrogen-bond donors (Lipinski definition) is 0. The molecule has 1 aromatic carbocycles. The number of anilines is 1. The van der Waals surface area contributed by atoms with Crippen LogP contribution in [0.3, 0.4) is 0 Å². The van der Waals surface area contributed by atoms with Crippen LogP contribution in [-0.4, -0.2) is 12.0 Å². The van der Waals surface area contributed by atoms with Crippen LogP contribution in [0, 0.1) is 18.3 Å². The van der Waals surface area contributed by atoms with E-state index in [1.807, 2.05) is 50.5 Å². The highest BCUT2D eigenvalue weighted by atomic mass is 15.1. The summed E-state index contributed by atoms with van der Waals surface area (Å²) in [6.45, 7) is 2.77. The topological polar surface area (TPSA) is 39.9 Å². The third kappa shape index (κ3) is 2.49. The number of hydrogen-bond acceptors (Lipinski definition) is 3. The van der Waals surface area contributed by atoms with Gasteiger partial charge in [-0.15, -0.1) is 0 Å². The first-order valence-electron chi connectivity index (χ1n) is 5.82. The second-order valence-electron chi connectivity index (χ2n) is 4.30. The molecule has 0 aliphatic heterocycles. The quantitative estimate of drug-likeness (QED) is 0.824. The van der Waals surface area contributed by atoms with Gasteiger partial charge in [-0.25, -0.2) is 0 Å². The Labute approximate surface area is 107 Å². The minimum atomic E-state index is 0.710. The zero-order valence-electron chi connectivity index (χ0n) is 10.6. The zero-order chi connectivity index (χ0) is 13.0. The summed E-state index contributed by atoms with van der Waals surface area (Å²) >= 11 is 0. The molecule has 2 aromatic rings. The highest BCUT2D eigenvalue weighted by Crippen LogP contribution is 2.24. The largest absolute Gasteiger partial charge is 0.369 e. The molecule has 18 heavy (non-hydrogen) atoms. The van der Waals surface area contributed by atoms with E-state index in [-0.39, 0.29) is 0 Å². The van der Waals surface area contributed by atoms with Crippen LogP contribution in [0.5, 0.6) is 0 Å². The third-order valence-electron chi connectivity index (χ3n) is 2.88. The van der Waals surface area contributed by atoms with Crippen LogP contribution in [0.4, 0.5) is 5.69 Å². The normalized spacial score (nSPS) is 9.83. The van der Waals surface area contributed by atoms with Crippen molar-refractivity contribution in [3.63, 3.8) is 0 Å². The second-order valence-corrected chi connectivity index (χ2v) is 4.30. The van der Waals surface area contributed by atoms with Crippen molar-refractivity contribution < 1.29 is 0 Å². The molecule has 1 aromatic heterocycles. The van der Waals surface area contributed by atoms with Crippen molar-refractivity contribution in [1.82, 2.24) is 4.98 Å². The van der Waals surface area contributed by atoms with E-state index in [9.17, 15) is 0 Å². The molecule has 0 bridgehead atoms. The molecule has 90 valence electrons. The fourth-order valence-electron chi connectivity index (χ4n) is 2.10. The lowest BCUT2D eigenvalue weighted by Gasteiger charge is -2.22. The molecule has 0 atom stereocenters. The highest BCUT2D eigenvalue weighted by molar-refractivity contribution is 5.63. The number of rotatable bonds is 3. The van der Waals surface area contributed by atoms with Crippen LogP contribution in [0.1, 0.15) is 16.7 Å². The second kappa shape index (κ2) is 5.33. The Hall–Kier alpha value is -2.34. The van der Waals surface area contributed by atoms with E-state index >= 15 is 0 Å². The minimum Gasteiger partial charge on any atom is -0.369 e. The molecule has 0 aliphatic carbocycles. The Morgan fingerprint density at radius 1 is 1.28 bits per heavy atom. The Morgan fingerprint density at radius 3 is 2.78 bits per heavy atom. The van der Waals surface area contributed by atoms with Gasteiger partial charge >= 0.3 is 0 Å². The zero-order valence-corrected chi connectivity index (χ0v) is 10.6. The van der Waals surface area contributed by atoms with Gasteiger partial charge in [0.1, 0.15) is 6.07 Å². The maximum Gasteiger partial charge on any atom is 0.101 e. The lowest BCUT2D eigenvalue weighted by molar-refractivity contribution is 0.908. The van der Waals surface area contributed by atoms with Crippen LogP contribution >= 0.6 is 0 Å². The summed E-state index contributed by atoms with van der Waals surface area (Å²) in [6, 6.07) is 12.0. The molecule has 0 unspecified atom stereocenters. The maximum absolute atomic E-state index is 9.17. The third-order valence-corrected chi connectivity index (χ3v) is 2.88. The van der Waals surface area contributed by atoms with E-state index in [0.717, 1.165) is 23.4 Å². The number of aromatic nitrogens is 1. The molecule has 0 fully saturated rings. The molecular formula is C15H15N3. The summed E-state index contributed by atoms with van der Waals surface area (Å²) in [6.07, 6.45) is 3.61.